The highest BCUT2D eigenvalue weighted by Gasteiger charge is 2.25. The highest BCUT2D eigenvalue weighted by molar-refractivity contribution is 6.02. The molecule has 0 atom stereocenters. The highest BCUT2D eigenvalue weighted by Crippen LogP contribution is 2.28. The molecule has 6 heteroatoms. The van der Waals surface area contributed by atoms with E-state index in [9.17, 15) is 14.0 Å². The topological polar surface area (TPSA) is 66.6 Å². The number of nitrogens with two attached hydrogens (primary N) is 1. The van der Waals surface area contributed by atoms with Crippen molar-refractivity contribution in [3.8, 4) is 0 Å². The number of benzene rings is 2. The van der Waals surface area contributed by atoms with Crippen LogP contribution in [0.25, 0.3) is 0 Å². The molecule has 0 aliphatic carbocycles. The Balaban J connectivity index is 1.89. The van der Waals surface area contributed by atoms with E-state index in [1.807, 2.05) is 7.05 Å². The lowest BCUT2D eigenvalue weighted by molar-refractivity contribution is 0.0857. The van der Waals surface area contributed by atoms with Gasteiger partial charge in [0.25, 0.3) is 0 Å². The predicted molar refractivity (Wildman–Crippen MR) is 99.1 cm³/mol. The first-order chi connectivity index (χ1) is 12.5. The molecule has 0 aromatic heterocycles. The van der Waals surface area contributed by atoms with Crippen LogP contribution < -0.4 is 10.6 Å². The molecule has 0 unspecified atom stereocenters. The fourth-order valence-corrected chi connectivity index (χ4v) is 3.32. The minimum absolute atomic E-state index is 0.0161. The van der Waals surface area contributed by atoms with E-state index in [0.29, 0.717) is 16.9 Å². The van der Waals surface area contributed by atoms with Crippen LogP contribution in [0.1, 0.15) is 23.2 Å². The Bertz CT molecular complexity index is 816. The van der Waals surface area contributed by atoms with Gasteiger partial charge in [0.1, 0.15) is 5.82 Å². The summed E-state index contributed by atoms with van der Waals surface area (Å²) in [5, 5.41) is 0. The molecule has 136 valence electrons. The molecule has 2 N–H and O–H groups in total. The van der Waals surface area contributed by atoms with Gasteiger partial charge >= 0.3 is 6.03 Å². The number of carbonyl (C=O) groups excluding carboxylic acids is 2. The highest BCUT2D eigenvalue weighted by atomic mass is 19.1. The van der Waals surface area contributed by atoms with Crippen LogP contribution in [-0.4, -0.2) is 36.9 Å². The predicted octanol–water partition coefficient (Wildman–Crippen LogP) is 3.57. The van der Waals surface area contributed by atoms with Gasteiger partial charge in [-0.1, -0.05) is 18.2 Å². The maximum Gasteiger partial charge on any atom is 0.323 e. The molecule has 0 spiro atoms. The lowest BCUT2D eigenvalue weighted by Crippen LogP contribution is -2.34. The molecule has 1 heterocycles. The number of piperidine rings is 1. The minimum Gasteiger partial charge on any atom is -0.351 e. The van der Waals surface area contributed by atoms with Crippen LogP contribution >= 0.6 is 0 Å². The number of urea groups is 1. The summed E-state index contributed by atoms with van der Waals surface area (Å²) in [4.78, 5) is 28.2. The zero-order chi connectivity index (χ0) is 18.7. The van der Waals surface area contributed by atoms with Gasteiger partial charge in [-0.3, -0.25) is 9.69 Å². The van der Waals surface area contributed by atoms with E-state index in [4.69, 9.17) is 5.73 Å². The third kappa shape index (κ3) is 3.91. The van der Waals surface area contributed by atoms with Gasteiger partial charge in [-0.25, -0.2) is 9.18 Å². The van der Waals surface area contributed by atoms with Gasteiger partial charge in [-0.15, -0.1) is 0 Å². The van der Waals surface area contributed by atoms with Crippen molar-refractivity contribution in [2.45, 2.75) is 12.8 Å². The number of halogens is 1. The molecular formula is C20H22FN3O2. The second-order valence-corrected chi connectivity index (χ2v) is 6.65. The molecule has 1 fully saturated rings. The first-order valence-electron chi connectivity index (χ1n) is 8.63. The van der Waals surface area contributed by atoms with Crippen LogP contribution in [0.3, 0.4) is 0 Å². The number of anilines is 2. The van der Waals surface area contributed by atoms with Crippen molar-refractivity contribution in [2.24, 2.45) is 11.7 Å². The lowest BCUT2D eigenvalue weighted by atomic mass is 9.89. The van der Waals surface area contributed by atoms with E-state index in [-0.39, 0.29) is 11.7 Å². The van der Waals surface area contributed by atoms with Gasteiger partial charge in [0, 0.05) is 11.5 Å². The van der Waals surface area contributed by atoms with Crippen LogP contribution in [0.15, 0.2) is 48.5 Å². The van der Waals surface area contributed by atoms with Crippen LogP contribution in [0.4, 0.5) is 20.6 Å². The Morgan fingerprint density at radius 2 is 1.69 bits per heavy atom. The number of rotatable bonds is 4. The van der Waals surface area contributed by atoms with Crippen molar-refractivity contribution in [1.82, 2.24) is 4.90 Å². The Hall–Kier alpha value is -2.73. The molecule has 0 radical (unpaired) electrons. The number of primary amides is 1. The van der Waals surface area contributed by atoms with Gasteiger partial charge in [-0.2, -0.15) is 0 Å². The molecule has 0 bridgehead atoms. The van der Waals surface area contributed by atoms with E-state index in [2.05, 4.69) is 4.90 Å². The molecule has 0 saturated carbocycles. The van der Waals surface area contributed by atoms with Crippen LogP contribution in [0.2, 0.25) is 0 Å². The fraction of sp³-hybridized carbons (Fsp3) is 0.300. The molecule has 2 aromatic rings. The number of hydrogen-bond donors (Lipinski definition) is 1. The summed E-state index contributed by atoms with van der Waals surface area (Å²) in [6.45, 7) is 1.79. The third-order valence-electron chi connectivity index (χ3n) is 4.77. The first kappa shape index (κ1) is 18.1. The smallest absolute Gasteiger partial charge is 0.323 e. The van der Waals surface area contributed by atoms with Crippen molar-refractivity contribution in [3.05, 3.63) is 59.9 Å². The summed E-state index contributed by atoms with van der Waals surface area (Å²) in [5.41, 5.74) is 6.82. The summed E-state index contributed by atoms with van der Waals surface area (Å²) in [5.74, 6) is -0.409. The van der Waals surface area contributed by atoms with Gasteiger partial charge < -0.3 is 10.6 Å². The number of likely N-dealkylation sites (tertiary alicyclic amines) is 1. The van der Waals surface area contributed by atoms with Crippen LogP contribution in [0, 0.1) is 11.7 Å². The summed E-state index contributed by atoms with van der Waals surface area (Å²) >= 11 is 0. The van der Waals surface area contributed by atoms with Gasteiger partial charge in [0.2, 0.25) is 0 Å². The second-order valence-electron chi connectivity index (χ2n) is 6.65. The van der Waals surface area contributed by atoms with Crippen LogP contribution in [0.5, 0.6) is 0 Å². The van der Waals surface area contributed by atoms with Gasteiger partial charge in [-0.05, 0) is 63.3 Å². The molecule has 1 saturated heterocycles. The summed E-state index contributed by atoms with van der Waals surface area (Å²) in [7, 11) is 2.05. The summed E-state index contributed by atoms with van der Waals surface area (Å²) < 4.78 is 13.6. The van der Waals surface area contributed by atoms with Gasteiger partial charge in [0.15, 0.2) is 5.78 Å². The molecule has 1 aliphatic rings. The molecule has 2 aromatic carbocycles. The zero-order valence-corrected chi connectivity index (χ0v) is 14.7. The average Bonchev–Trinajstić information content (AvgIpc) is 2.62. The van der Waals surface area contributed by atoms with E-state index in [0.717, 1.165) is 25.9 Å². The van der Waals surface area contributed by atoms with E-state index >= 15 is 0 Å². The van der Waals surface area contributed by atoms with Crippen molar-refractivity contribution < 1.29 is 14.0 Å². The number of amides is 2. The number of ketones is 1. The summed E-state index contributed by atoms with van der Waals surface area (Å²) in [6.07, 6.45) is 1.64. The number of Topliss-reactive ketones (excluding diaryl/α,β-unsaturated/α-hetero) is 1. The Kier molecular flexibility index (Phi) is 5.32. The zero-order valence-electron chi connectivity index (χ0n) is 14.7. The SMILES string of the molecule is CN1CCC(C(=O)c2cccc(N(C(N)=O)c3cccc(F)c3)c2)CC1. The number of hydrogen-bond acceptors (Lipinski definition) is 3. The maximum absolute atomic E-state index is 13.6. The third-order valence-corrected chi connectivity index (χ3v) is 4.77. The van der Waals surface area contributed by atoms with Crippen molar-refractivity contribution >= 4 is 23.2 Å². The van der Waals surface area contributed by atoms with E-state index < -0.39 is 11.8 Å². The monoisotopic (exact) mass is 355 g/mol. The molecule has 3 rings (SSSR count). The number of carbonyl (C=O) groups is 2. The fourth-order valence-electron chi connectivity index (χ4n) is 3.32. The van der Waals surface area contributed by atoms with Crippen molar-refractivity contribution in [1.29, 1.82) is 0 Å². The Labute approximate surface area is 152 Å². The van der Waals surface area contributed by atoms with E-state index in [1.165, 1.54) is 23.1 Å². The second kappa shape index (κ2) is 7.66. The largest absolute Gasteiger partial charge is 0.351 e. The molecular weight excluding hydrogens is 333 g/mol. The lowest BCUT2D eigenvalue weighted by Gasteiger charge is -2.28. The number of nitrogens with zero attached hydrogens (tertiary/aromatic N) is 2. The van der Waals surface area contributed by atoms with Crippen molar-refractivity contribution in [2.75, 3.05) is 25.0 Å². The summed E-state index contributed by atoms with van der Waals surface area (Å²) in [6, 6.07) is 11.7. The molecule has 2 amide bonds. The molecule has 1 aliphatic heterocycles. The quantitative estimate of drug-likeness (QED) is 0.853. The Morgan fingerprint density at radius 3 is 2.31 bits per heavy atom. The Morgan fingerprint density at radius 1 is 1.08 bits per heavy atom. The maximum atomic E-state index is 13.6. The molecule has 5 nitrogen and oxygen atoms in total. The van der Waals surface area contributed by atoms with Gasteiger partial charge in [0.05, 0.1) is 11.4 Å². The standard InChI is InChI=1S/C20H22FN3O2/c1-23-10-8-14(9-11-23)19(25)15-4-2-6-17(12-15)24(20(22)26)18-7-3-5-16(21)13-18/h2-7,12-14H,8-11H2,1H3,(H2,22,26). The van der Waals surface area contributed by atoms with E-state index in [1.54, 1.807) is 30.3 Å². The normalized spacial score (nSPS) is 15.6. The minimum atomic E-state index is -0.737. The average molecular weight is 355 g/mol. The molecule has 26 heavy (non-hydrogen) atoms. The van der Waals surface area contributed by atoms with Crippen molar-refractivity contribution in [3.63, 3.8) is 0 Å². The first-order valence-corrected chi connectivity index (χ1v) is 8.63. The van der Waals surface area contributed by atoms with Crippen LogP contribution in [-0.2, 0) is 0 Å².